The van der Waals surface area contributed by atoms with E-state index in [1.54, 1.807) is 18.4 Å². The summed E-state index contributed by atoms with van der Waals surface area (Å²) in [5.41, 5.74) is 2.50. The van der Waals surface area contributed by atoms with Gasteiger partial charge in [-0.15, -0.1) is 35.3 Å². The van der Waals surface area contributed by atoms with E-state index in [0.717, 1.165) is 50.9 Å². The van der Waals surface area contributed by atoms with Crippen LogP contribution < -0.4 is 15.4 Å². The average Bonchev–Trinajstić information content (AvgIpc) is 3.30. The number of rotatable bonds is 7. The first-order chi connectivity index (χ1) is 14.4. The van der Waals surface area contributed by atoms with Crippen LogP contribution in [0, 0.1) is 6.92 Å². The molecule has 1 aliphatic heterocycles. The molecule has 0 bridgehead atoms. The van der Waals surface area contributed by atoms with E-state index in [1.807, 2.05) is 7.05 Å². The third-order valence-corrected chi connectivity index (χ3v) is 7.32. The second-order valence-corrected chi connectivity index (χ2v) is 9.68. The first-order valence-corrected chi connectivity index (χ1v) is 11.5. The Labute approximate surface area is 208 Å². The summed E-state index contributed by atoms with van der Waals surface area (Å²) in [6.07, 6.45) is 1.91. The number of hydrogen-bond donors (Lipinski definition) is 2. The molecule has 31 heavy (non-hydrogen) atoms. The van der Waals surface area contributed by atoms with E-state index in [1.165, 1.54) is 16.0 Å². The minimum atomic E-state index is -0.0451. The van der Waals surface area contributed by atoms with Gasteiger partial charge < -0.3 is 20.1 Å². The molecule has 0 unspecified atom stereocenters. The fourth-order valence-corrected chi connectivity index (χ4v) is 4.92. The minimum Gasteiger partial charge on any atom is -0.496 e. The maximum Gasteiger partial charge on any atom is 0.191 e. The monoisotopic (exact) mass is 557 g/mol. The standard InChI is InChI=1S/C24H35N3O2S.HI/c1-18-8-9-20(28-5)19(15-18)24(10-12-29-13-11-24)17-27-22(25-4)26-16-23(2,3)21-7-6-14-30-21;/h6-9,14-15H,10-13,16-17H2,1-5H3,(H2,25,26,27);1H. The zero-order chi connectivity index (χ0) is 21.6. The van der Waals surface area contributed by atoms with Gasteiger partial charge in [-0.3, -0.25) is 4.99 Å². The van der Waals surface area contributed by atoms with E-state index in [9.17, 15) is 0 Å². The van der Waals surface area contributed by atoms with Crippen molar-refractivity contribution in [1.29, 1.82) is 0 Å². The molecule has 5 nitrogen and oxygen atoms in total. The van der Waals surface area contributed by atoms with Crippen LogP contribution >= 0.6 is 35.3 Å². The number of ether oxygens (including phenoxy) is 2. The molecular weight excluding hydrogens is 521 g/mol. The van der Waals surface area contributed by atoms with Crippen molar-refractivity contribution in [2.24, 2.45) is 4.99 Å². The predicted octanol–water partition coefficient (Wildman–Crippen LogP) is 4.87. The number of halogens is 1. The molecule has 1 aromatic heterocycles. The summed E-state index contributed by atoms with van der Waals surface area (Å²) in [5, 5.41) is 9.26. The lowest BCUT2D eigenvalue weighted by atomic mass is 9.73. The van der Waals surface area contributed by atoms with Crippen molar-refractivity contribution in [3.63, 3.8) is 0 Å². The molecular formula is C24H36IN3O2S. The maximum atomic E-state index is 5.73. The van der Waals surface area contributed by atoms with Crippen molar-refractivity contribution in [2.45, 2.75) is 44.4 Å². The van der Waals surface area contributed by atoms with Crippen LogP contribution in [0.3, 0.4) is 0 Å². The topological polar surface area (TPSA) is 54.9 Å². The molecule has 172 valence electrons. The molecule has 1 fully saturated rings. The lowest BCUT2D eigenvalue weighted by Crippen LogP contribution is -2.49. The van der Waals surface area contributed by atoms with Crippen molar-refractivity contribution < 1.29 is 9.47 Å². The van der Waals surface area contributed by atoms with Crippen molar-refractivity contribution in [3.8, 4) is 5.75 Å². The van der Waals surface area contributed by atoms with Gasteiger partial charge in [-0.2, -0.15) is 0 Å². The van der Waals surface area contributed by atoms with Gasteiger partial charge in [0.2, 0.25) is 0 Å². The van der Waals surface area contributed by atoms with Gasteiger partial charge in [0.15, 0.2) is 5.96 Å². The minimum absolute atomic E-state index is 0. The smallest absolute Gasteiger partial charge is 0.191 e. The molecule has 0 radical (unpaired) electrons. The summed E-state index contributed by atoms with van der Waals surface area (Å²) in [4.78, 5) is 5.85. The van der Waals surface area contributed by atoms with Gasteiger partial charge in [0, 0.05) is 54.6 Å². The maximum absolute atomic E-state index is 5.73. The molecule has 1 aromatic carbocycles. The average molecular weight is 558 g/mol. The number of methoxy groups -OCH3 is 1. The lowest BCUT2D eigenvalue weighted by molar-refractivity contribution is 0.0505. The number of nitrogens with one attached hydrogen (secondary N) is 2. The summed E-state index contributed by atoms with van der Waals surface area (Å²) >= 11 is 1.80. The first-order valence-electron chi connectivity index (χ1n) is 10.6. The largest absolute Gasteiger partial charge is 0.496 e. The number of aryl methyl sites for hydroxylation is 1. The van der Waals surface area contributed by atoms with Crippen LogP contribution in [0.4, 0.5) is 0 Å². The van der Waals surface area contributed by atoms with E-state index in [0.29, 0.717) is 0 Å². The molecule has 2 N–H and O–H groups in total. The fraction of sp³-hybridized carbons (Fsp3) is 0.542. The van der Waals surface area contributed by atoms with Gasteiger partial charge >= 0.3 is 0 Å². The Bertz CT molecular complexity index is 847. The van der Waals surface area contributed by atoms with E-state index in [4.69, 9.17) is 9.47 Å². The highest BCUT2D eigenvalue weighted by Crippen LogP contribution is 2.40. The van der Waals surface area contributed by atoms with Crippen LogP contribution in [-0.4, -0.2) is 46.4 Å². The molecule has 0 aliphatic carbocycles. The second kappa shape index (κ2) is 11.5. The van der Waals surface area contributed by atoms with E-state index >= 15 is 0 Å². The highest BCUT2D eigenvalue weighted by molar-refractivity contribution is 14.0. The molecule has 2 aromatic rings. The zero-order valence-corrected chi connectivity index (χ0v) is 22.4. The Hall–Kier alpha value is -1.32. The van der Waals surface area contributed by atoms with Crippen LogP contribution in [-0.2, 0) is 15.6 Å². The van der Waals surface area contributed by atoms with Crippen LogP contribution in [0.5, 0.6) is 5.75 Å². The Morgan fingerprint density at radius 2 is 1.97 bits per heavy atom. The van der Waals surface area contributed by atoms with E-state index in [2.05, 4.69) is 72.1 Å². The van der Waals surface area contributed by atoms with Gasteiger partial charge in [0.25, 0.3) is 0 Å². The van der Waals surface area contributed by atoms with Gasteiger partial charge in [0.1, 0.15) is 5.75 Å². The molecule has 2 heterocycles. The van der Waals surface area contributed by atoms with Gasteiger partial charge in [-0.05, 0) is 37.3 Å². The van der Waals surface area contributed by atoms with Crippen molar-refractivity contribution in [1.82, 2.24) is 10.6 Å². The van der Waals surface area contributed by atoms with Crippen molar-refractivity contribution >= 4 is 41.3 Å². The second-order valence-electron chi connectivity index (χ2n) is 8.74. The van der Waals surface area contributed by atoms with Crippen LogP contribution in [0.2, 0.25) is 0 Å². The third kappa shape index (κ3) is 6.35. The van der Waals surface area contributed by atoms with E-state index < -0.39 is 0 Å². The van der Waals surface area contributed by atoms with Crippen LogP contribution in [0.1, 0.15) is 42.7 Å². The number of guanidine groups is 1. The summed E-state index contributed by atoms with van der Waals surface area (Å²) in [5.74, 6) is 1.78. The molecule has 3 rings (SSSR count). The Morgan fingerprint density at radius 1 is 1.23 bits per heavy atom. The van der Waals surface area contributed by atoms with Gasteiger partial charge in [0.05, 0.1) is 7.11 Å². The number of aliphatic imine (C=N–C) groups is 1. The van der Waals surface area contributed by atoms with Crippen molar-refractivity contribution in [3.05, 3.63) is 51.7 Å². The third-order valence-electron chi connectivity index (χ3n) is 6.08. The van der Waals surface area contributed by atoms with Crippen molar-refractivity contribution in [2.75, 3.05) is 40.5 Å². The highest BCUT2D eigenvalue weighted by atomic mass is 127. The molecule has 1 aliphatic rings. The molecule has 7 heteroatoms. The zero-order valence-electron chi connectivity index (χ0n) is 19.3. The number of nitrogens with zero attached hydrogens (tertiary/aromatic N) is 1. The molecule has 0 saturated carbocycles. The van der Waals surface area contributed by atoms with Crippen LogP contribution in [0.25, 0.3) is 0 Å². The lowest BCUT2D eigenvalue weighted by Gasteiger charge is -2.39. The van der Waals surface area contributed by atoms with Gasteiger partial charge in [-0.1, -0.05) is 37.6 Å². The SMILES string of the molecule is CN=C(NCC(C)(C)c1cccs1)NCC1(c2cc(C)ccc2OC)CCOCC1.I. The summed E-state index contributed by atoms with van der Waals surface area (Å²) in [7, 11) is 3.58. The molecule has 1 saturated heterocycles. The highest BCUT2D eigenvalue weighted by Gasteiger charge is 2.37. The molecule has 0 atom stereocenters. The summed E-state index contributed by atoms with van der Waals surface area (Å²) in [6.45, 7) is 9.78. The fourth-order valence-electron chi connectivity index (χ4n) is 4.07. The van der Waals surface area contributed by atoms with Crippen LogP contribution in [0.15, 0.2) is 40.7 Å². The predicted molar refractivity (Wildman–Crippen MR) is 142 cm³/mol. The quantitative estimate of drug-likeness (QED) is 0.290. The first kappa shape index (κ1) is 25.9. The van der Waals surface area contributed by atoms with E-state index in [-0.39, 0.29) is 34.8 Å². The summed E-state index contributed by atoms with van der Waals surface area (Å²) in [6, 6.07) is 10.8. The normalized spacial score (nSPS) is 16.4. The molecule has 0 spiro atoms. The Balaban J connectivity index is 0.00000341. The van der Waals surface area contributed by atoms with Gasteiger partial charge in [-0.25, -0.2) is 0 Å². The number of benzene rings is 1. The molecule has 0 amide bonds. The number of hydrogen-bond acceptors (Lipinski definition) is 4. The number of thiophene rings is 1. The Morgan fingerprint density at radius 3 is 2.58 bits per heavy atom. The Kier molecular flexibility index (Phi) is 9.64. The summed E-state index contributed by atoms with van der Waals surface area (Å²) < 4.78 is 11.4.